The summed E-state index contributed by atoms with van der Waals surface area (Å²) in [6.07, 6.45) is -6.92. The lowest BCUT2D eigenvalue weighted by Crippen LogP contribution is -2.57. The van der Waals surface area contributed by atoms with Crippen molar-refractivity contribution in [1.82, 2.24) is 0 Å². The van der Waals surface area contributed by atoms with Gasteiger partial charge in [0.25, 0.3) is 0 Å². The first-order chi connectivity index (χ1) is 9.60. The molecule has 0 aliphatic heterocycles. The van der Waals surface area contributed by atoms with Crippen LogP contribution in [0.3, 0.4) is 0 Å². The number of aliphatic hydroxyl groups excluding tert-OH is 5. The summed E-state index contributed by atoms with van der Waals surface area (Å²) in [6.45, 7) is 1.92. The van der Waals surface area contributed by atoms with E-state index in [0.29, 0.717) is 0 Å². The number of phosphoric acid groups is 1. The molecule has 21 heavy (non-hydrogen) atoms. The first-order valence-electron chi connectivity index (χ1n) is 6.59. The second-order valence-corrected chi connectivity index (χ2v) is 6.77. The predicted octanol–water partition coefficient (Wildman–Crippen LogP) is -1.79. The summed E-state index contributed by atoms with van der Waals surface area (Å²) in [7, 11) is -4.68. The lowest BCUT2D eigenvalue weighted by atomic mass is 9.74. The molecule has 0 bridgehead atoms. The first kappa shape index (κ1) is 19.0. The Bertz CT molecular complexity index is 363. The third-order valence-corrected chi connectivity index (χ3v) is 4.81. The van der Waals surface area contributed by atoms with Gasteiger partial charge >= 0.3 is 7.82 Å². The van der Waals surface area contributed by atoms with Crippen LogP contribution in [-0.4, -0.2) is 74.2 Å². The van der Waals surface area contributed by atoms with Crippen molar-refractivity contribution in [3.05, 3.63) is 0 Å². The molecule has 1 saturated carbocycles. The van der Waals surface area contributed by atoms with Gasteiger partial charge in [0.15, 0.2) is 0 Å². The monoisotopic (exact) mass is 330 g/mol. The Kier molecular flexibility index (Phi) is 6.73. The minimum atomic E-state index is -4.68. The molecule has 0 spiro atoms. The van der Waals surface area contributed by atoms with Crippen LogP contribution in [-0.2, 0) is 13.6 Å². The molecule has 8 atom stereocenters. The van der Waals surface area contributed by atoms with Crippen LogP contribution in [0.2, 0.25) is 0 Å². The highest BCUT2D eigenvalue weighted by atomic mass is 31.2. The molecule has 0 radical (unpaired) electrons. The van der Waals surface area contributed by atoms with E-state index in [1.165, 1.54) is 0 Å². The van der Waals surface area contributed by atoms with Gasteiger partial charge in [-0.25, -0.2) is 4.57 Å². The van der Waals surface area contributed by atoms with Crippen LogP contribution in [0.15, 0.2) is 0 Å². The Labute approximate surface area is 122 Å². The summed E-state index contributed by atoms with van der Waals surface area (Å²) in [5.74, 6) is -0.901. The van der Waals surface area contributed by atoms with Crippen molar-refractivity contribution in [1.29, 1.82) is 0 Å². The molecule has 1 rings (SSSR count). The standard InChI is InChI=1S/C11H23O9P/c1-5-6(2)9(15)11(10(16)8(5)14)20-21(17,18)19-4-7(13)3-12/h5-16H,3-4H2,1-2H3,(H,17,18). The highest BCUT2D eigenvalue weighted by Crippen LogP contribution is 2.48. The van der Waals surface area contributed by atoms with Crippen molar-refractivity contribution in [2.24, 2.45) is 11.8 Å². The van der Waals surface area contributed by atoms with Crippen LogP contribution in [0.4, 0.5) is 0 Å². The van der Waals surface area contributed by atoms with Gasteiger partial charge < -0.3 is 30.4 Å². The van der Waals surface area contributed by atoms with Gasteiger partial charge in [-0.15, -0.1) is 0 Å². The number of rotatable bonds is 6. The van der Waals surface area contributed by atoms with Crippen LogP contribution in [0.25, 0.3) is 0 Å². The number of phosphoric ester groups is 1. The maximum absolute atomic E-state index is 11.7. The zero-order valence-corrected chi connectivity index (χ0v) is 12.7. The quantitative estimate of drug-likeness (QED) is 0.309. The molecule has 0 aromatic heterocycles. The molecule has 0 aromatic carbocycles. The van der Waals surface area contributed by atoms with E-state index < -0.39 is 63.4 Å². The summed E-state index contributed by atoms with van der Waals surface area (Å²) in [6, 6.07) is 0. The number of aliphatic hydroxyl groups is 5. The van der Waals surface area contributed by atoms with E-state index in [2.05, 4.69) is 4.52 Å². The molecule has 9 nitrogen and oxygen atoms in total. The van der Waals surface area contributed by atoms with Gasteiger partial charge in [0.1, 0.15) is 18.3 Å². The molecule has 0 amide bonds. The van der Waals surface area contributed by atoms with Gasteiger partial charge in [-0.1, -0.05) is 13.8 Å². The van der Waals surface area contributed by atoms with Crippen LogP contribution < -0.4 is 0 Å². The average Bonchev–Trinajstić information content (AvgIpc) is 2.45. The van der Waals surface area contributed by atoms with Crippen LogP contribution in [0.5, 0.6) is 0 Å². The highest BCUT2D eigenvalue weighted by Gasteiger charge is 2.48. The zero-order valence-electron chi connectivity index (χ0n) is 11.8. The van der Waals surface area contributed by atoms with E-state index in [1.807, 2.05) is 0 Å². The summed E-state index contributed by atoms with van der Waals surface area (Å²) < 4.78 is 20.9. The van der Waals surface area contributed by atoms with Gasteiger partial charge in [-0.05, 0) is 11.8 Å². The minimum absolute atomic E-state index is 0.426. The summed E-state index contributed by atoms with van der Waals surface area (Å²) in [5.41, 5.74) is 0. The van der Waals surface area contributed by atoms with E-state index in [1.54, 1.807) is 13.8 Å². The Balaban J connectivity index is 2.72. The Morgan fingerprint density at radius 1 is 1.10 bits per heavy atom. The molecule has 0 heterocycles. The number of hydrogen-bond acceptors (Lipinski definition) is 8. The van der Waals surface area contributed by atoms with Crippen molar-refractivity contribution in [2.75, 3.05) is 13.2 Å². The maximum atomic E-state index is 11.7. The van der Waals surface area contributed by atoms with Crippen molar-refractivity contribution in [3.63, 3.8) is 0 Å². The lowest BCUT2D eigenvalue weighted by molar-refractivity contribution is -0.173. The van der Waals surface area contributed by atoms with Crippen molar-refractivity contribution in [2.45, 2.75) is 44.4 Å². The van der Waals surface area contributed by atoms with E-state index in [-0.39, 0.29) is 0 Å². The number of hydrogen-bond donors (Lipinski definition) is 6. The molecule has 6 N–H and O–H groups in total. The SMILES string of the molecule is CC1C(C)C(O)C(OP(=O)(O)OCC(O)CO)C(O)C1O. The zero-order chi connectivity index (χ0) is 16.4. The fourth-order valence-electron chi connectivity index (χ4n) is 2.17. The van der Waals surface area contributed by atoms with E-state index in [4.69, 9.17) is 14.7 Å². The normalized spacial score (nSPS) is 41.5. The van der Waals surface area contributed by atoms with E-state index in [0.717, 1.165) is 0 Å². The fraction of sp³-hybridized carbons (Fsp3) is 1.00. The van der Waals surface area contributed by atoms with Crippen molar-refractivity contribution < 1.29 is 44.0 Å². The molecule has 0 aromatic rings. The van der Waals surface area contributed by atoms with Crippen LogP contribution >= 0.6 is 7.82 Å². The van der Waals surface area contributed by atoms with Crippen LogP contribution in [0, 0.1) is 11.8 Å². The molecule has 8 unspecified atom stereocenters. The molecule has 1 fully saturated rings. The molecule has 10 heteroatoms. The second kappa shape index (κ2) is 7.45. The minimum Gasteiger partial charge on any atom is -0.394 e. The van der Waals surface area contributed by atoms with Crippen molar-refractivity contribution >= 4 is 7.82 Å². The summed E-state index contributed by atoms with van der Waals surface area (Å²) >= 11 is 0. The largest absolute Gasteiger partial charge is 0.472 e. The third kappa shape index (κ3) is 4.69. The molecule has 0 saturated heterocycles. The first-order valence-corrected chi connectivity index (χ1v) is 8.09. The van der Waals surface area contributed by atoms with Crippen molar-refractivity contribution in [3.8, 4) is 0 Å². The lowest BCUT2D eigenvalue weighted by Gasteiger charge is -2.43. The van der Waals surface area contributed by atoms with Gasteiger partial charge in [0, 0.05) is 0 Å². The maximum Gasteiger partial charge on any atom is 0.472 e. The molecular weight excluding hydrogens is 307 g/mol. The van der Waals surface area contributed by atoms with Gasteiger partial charge in [-0.3, -0.25) is 9.05 Å². The van der Waals surface area contributed by atoms with E-state index in [9.17, 15) is 24.8 Å². The third-order valence-electron chi connectivity index (χ3n) is 3.83. The van der Waals surface area contributed by atoms with Gasteiger partial charge in [-0.2, -0.15) is 0 Å². The topological polar surface area (TPSA) is 157 Å². The smallest absolute Gasteiger partial charge is 0.394 e. The molecule has 1 aliphatic carbocycles. The predicted molar refractivity (Wildman–Crippen MR) is 70.1 cm³/mol. The Morgan fingerprint density at radius 3 is 2.14 bits per heavy atom. The summed E-state index contributed by atoms with van der Waals surface area (Å²) in [5, 5.41) is 47.3. The van der Waals surface area contributed by atoms with E-state index >= 15 is 0 Å². The van der Waals surface area contributed by atoms with Gasteiger partial charge in [0.05, 0.1) is 25.4 Å². The van der Waals surface area contributed by atoms with Crippen LogP contribution in [0.1, 0.15) is 13.8 Å². The average molecular weight is 330 g/mol. The summed E-state index contributed by atoms with van der Waals surface area (Å²) in [4.78, 5) is 9.50. The van der Waals surface area contributed by atoms with Gasteiger partial charge in [0.2, 0.25) is 0 Å². The highest BCUT2D eigenvalue weighted by molar-refractivity contribution is 7.47. The second-order valence-electron chi connectivity index (χ2n) is 5.36. The Hall–Kier alpha value is -0.0900. The fourth-order valence-corrected chi connectivity index (χ4v) is 3.15. The molecular formula is C11H23O9P. The molecule has 126 valence electrons. The molecule has 1 aliphatic rings. The Morgan fingerprint density at radius 2 is 1.62 bits per heavy atom.